The van der Waals surface area contributed by atoms with E-state index >= 15 is 0 Å². The van der Waals surface area contributed by atoms with Crippen LogP contribution in [0.2, 0.25) is 0 Å². The lowest BCUT2D eigenvalue weighted by atomic mass is 10.1. The number of halogens is 1. The smallest absolute Gasteiger partial charge is 0.194 e. The number of thiazole rings is 1. The minimum Gasteiger partial charge on any atom is -0.497 e. The third-order valence-electron chi connectivity index (χ3n) is 4.90. The van der Waals surface area contributed by atoms with E-state index in [0.717, 1.165) is 29.0 Å². The van der Waals surface area contributed by atoms with Gasteiger partial charge in [0.05, 0.1) is 31.9 Å². The number of aliphatic imine (C=N–C) groups is 1. The molecule has 1 aromatic carbocycles. The highest BCUT2D eigenvalue weighted by atomic mass is 127. The van der Waals surface area contributed by atoms with Crippen LogP contribution in [-0.2, 0) is 11.3 Å². The Balaban J connectivity index is 0.00000480. The summed E-state index contributed by atoms with van der Waals surface area (Å²) in [4.78, 5) is 13.9. The topological polar surface area (TPSA) is 62.2 Å². The zero-order chi connectivity index (χ0) is 22.1. The number of hydrogen-bond donors (Lipinski definition) is 1. The summed E-state index contributed by atoms with van der Waals surface area (Å²) in [6.45, 7) is 6.24. The maximum atomic E-state index is 5.37. The van der Waals surface area contributed by atoms with Gasteiger partial charge in [-0.1, -0.05) is 12.1 Å². The predicted octanol–water partition coefficient (Wildman–Crippen LogP) is 4.18. The van der Waals surface area contributed by atoms with Crippen molar-refractivity contribution in [1.82, 2.24) is 20.1 Å². The molecule has 174 valence electrons. The van der Waals surface area contributed by atoms with E-state index in [9.17, 15) is 0 Å². The number of nitrogens with one attached hydrogen (secondary N) is 1. The fourth-order valence-corrected chi connectivity index (χ4v) is 3.88. The van der Waals surface area contributed by atoms with Crippen LogP contribution in [0.15, 0.2) is 34.6 Å². The maximum absolute atomic E-state index is 5.37. The van der Waals surface area contributed by atoms with Gasteiger partial charge >= 0.3 is 0 Å². The van der Waals surface area contributed by atoms with Gasteiger partial charge in [0.1, 0.15) is 16.9 Å². The Bertz CT molecular complexity index is 797. The van der Waals surface area contributed by atoms with Crippen LogP contribution in [0.3, 0.4) is 0 Å². The molecule has 0 aliphatic carbocycles. The lowest BCUT2D eigenvalue weighted by Gasteiger charge is -2.26. The van der Waals surface area contributed by atoms with E-state index in [-0.39, 0.29) is 36.1 Å². The number of guanidine groups is 1. The quantitative estimate of drug-likeness (QED) is 0.267. The summed E-state index contributed by atoms with van der Waals surface area (Å²) in [5.41, 5.74) is 2.23. The number of nitrogens with zero attached hydrogens (tertiary/aromatic N) is 4. The second-order valence-corrected chi connectivity index (χ2v) is 8.25. The van der Waals surface area contributed by atoms with Crippen molar-refractivity contribution in [2.45, 2.75) is 32.5 Å². The molecule has 7 nitrogen and oxygen atoms in total. The molecule has 0 bridgehead atoms. The Morgan fingerprint density at radius 2 is 1.87 bits per heavy atom. The number of benzene rings is 1. The predicted molar refractivity (Wildman–Crippen MR) is 140 cm³/mol. The SMILES string of the molecule is CCNC(=NCC(c1ccc(OC)cc1)N(C)C)N(C)Cc1csc(C(C)OC)n1.I. The molecule has 0 aliphatic heterocycles. The van der Waals surface area contributed by atoms with E-state index in [1.165, 1.54) is 5.56 Å². The summed E-state index contributed by atoms with van der Waals surface area (Å²) < 4.78 is 10.7. The molecule has 0 saturated carbocycles. The van der Waals surface area contributed by atoms with Crippen LogP contribution >= 0.6 is 35.3 Å². The molecule has 0 spiro atoms. The number of hydrogen-bond acceptors (Lipinski definition) is 6. The zero-order valence-electron chi connectivity index (χ0n) is 19.6. The highest BCUT2D eigenvalue weighted by Crippen LogP contribution is 2.23. The molecule has 1 heterocycles. The van der Waals surface area contributed by atoms with Crippen molar-refractivity contribution in [3.05, 3.63) is 45.9 Å². The summed E-state index contributed by atoms with van der Waals surface area (Å²) in [7, 11) is 9.59. The molecule has 9 heteroatoms. The Morgan fingerprint density at radius 3 is 2.42 bits per heavy atom. The molecule has 1 N–H and O–H groups in total. The van der Waals surface area contributed by atoms with Crippen LogP contribution in [0.1, 0.15) is 42.3 Å². The van der Waals surface area contributed by atoms with E-state index in [0.29, 0.717) is 13.1 Å². The van der Waals surface area contributed by atoms with Crippen molar-refractivity contribution in [3.8, 4) is 5.75 Å². The van der Waals surface area contributed by atoms with E-state index in [1.54, 1.807) is 25.6 Å². The lowest BCUT2D eigenvalue weighted by molar-refractivity contribution is 0.119. The van der Waals surface area contributed by atoms with Crippen LogP contribution in [-0.4, -0.2) is 69.2 Å². The van der Waals surface area contributed by atoms with E-state index in [2.05, 4.69) is 53.6 Å². The minimum atomic E-state index is 0. The molecule has 2 aromatic rings. The van der Waals surface area contributed by atoms with Crippen molar-refractivity contribution in [2.24, 2.45) is 4.99 Å². The first-order valence-electron chi connectivity index (χ1n) is 10.2. The number of likely N-dealkylation sites (N-methyl/N-ethyl adjacent to an activating group) is 1. The number of methoxy groups -OCH3 is 2. The molecule has 2 rings (SSSR count). The summed E-state index contributed by atoms with van der Waals surface area (Å²) in [5, 5.41) is 6.48. The molecule has 0 amide bonds. The molecule has 31 heavy (non-hydrogen) atoms. The summed E-state index contributed by atoms with van der Waals surface area (Å²) >= 11 is 1.63. The van der Waals surface area contributed by atoms with Gasteiger partial charge in [0.25, 0.3) is 0 Å². The second kappa shape index (κ2) is 13.9. The van der Waals surface area contributed by atoms with Crippen LogP contribution < -0.4 is 10.1 Å². The summed E-state index contributed by atoms with van der Waals surface area (Å²) in [5.74, 6) is 1.73. The first-order valence-corrected chi connectivity index (χ1v) is 11.0. The molecule has 2 unspecified atom stereocenters. The fourth-order valence-electron chi connectivity index (χ4n) is 3.04. The van der Waals surface area contributed by atoms with Gasteiger partial charge in [-0.2, -0.15) is 0 Å². The Morgan fingerprint density at radius 1 is 1.19 bits per heavy atom. The third kappa shape index (κ3) is 8.21. The van der Waals surface area contributed by atoms with Gasteiger partial charge in [0, 0.05) is 26.1 Å². The van der Waals surface area contributed by atoms with Crippen molar-refractivity contribution >= 4 is 41.3 Å². The molecule has 0 aliphatic rings. The molecule has 2 atom stereocenters. The van der Waals surface area contributed by atoms with Crippen LogP contribution in [0, 0.1) is 0 Å². The number of aromatic nitrogens is 1. The largest absolute Gasteiger partial charge is 0.497 e. The number of rotatable bonds is 10. The van der Waals surface area contributed by atoms with Gasteiger partial charge in [0.2, 0.25) is 0 Å². The average Bonchev–Trinajstić information content (AvgIpc) is 3.21. The van der Waals surface area contributed by atoms with E-state index in [4.69, 9.17) is 19.5 Å². The van der Waals surface area contributed by atoms with Gasteiger partial charge in [-0.15, -0.1) is 35.3 Å². The average molecular weight is 562 g/mol. The Kier molecular flexibility index (Phi) is 12.3. The monoisotopic (exact) mass is 561 g/mol. The van der Waals surface area contributed by atoms with E-state index in [1.807, 2.05) is 26.1 Å². The van der Waals surface area contributed by atoms with Crippen molar-refractivity contribution < 1.29 is 9.47 Å². The molecule has 1 aromatic heterocycles. The van der Waals surface area contributed by atoms with Crippen LogP contribution in [0.5, 0.6) is 5.75 Å². The minimum absolute atomic E-state index is 0. The molecular weight excluding hydrogens is 525 g/mol. The van der Waals surface area contributed by atoms with Gasteiger partial charge in [-0.3, -0.25) is 4.99 Å². The highest BCUT2D eigenvalue weighted by molar-refractivity contribution is 14.0. The molecule has 0 fully saturated rings. The second-order valence-electron chi connectivity index (χ2n) is 7.36. The standard InChI is InChI=1S/C22H35N5O2S.HI/c1-8-23-22(27(5)14-18-15-30-21(25-18)16(2)28-6)24-13-20(26(3)4)17-9-11-19(29-7)12-10-17;/h9-12,15-16,20H,8,13-14H2,1-7H3,(H,23,24);1H. The van der Waals surface area contributed by atoms with Gasteiger partial charge in [0.15, 0.2) is 5.96 Å². The third-order valence-corrected chi connectivity index (χ3v) is 5.96. The fraction of sp³-hybridized carbons (Fsp3) is 0.545. The van der Waals surface area contributed by atoms with Crippen molar-refractivity contribution in [2.75, 3.05) is 48.5 Å². The zero-order valence-corrected chi connectivity index (χ0v) is 22.7. The first-order chi connectivity index (χ1) is 14.4. The molecular formula is C22H36IN5O2S. The number of ether oxygens (including phenoxy) is 2. The van der Waals surface area contributed by atoms with Gasteiger partial charge in [-0.05, 0) is 45.6 Å². The van der Waals surface area contributed by atoms with Gasteiger partial charge < -0.3 is 24.6 Å². The van der Waals surface area contributed by atoms with Crippen molar-refractivity contribution in [3.63, 3.8) is 0 Å². The molecule has 0 radical (unpaired) electrons. The summed E-state index contributed by atoms with van der Waals surface area (Å²) in [6.07, 6.45) is 0.0151. The van der Waals surface area contributed by atoms with Gasteiger partial charge in [-0.25, -0.2) is 4.98 Å². The Labute approximate surface area is 207 Å². The van der Waals surface area contributed by atoms with E-state index < -0.39 is 0 Å². The Hall–Kier alpha value is -1.43. The molecule has 0 saturated heterocycles. The summed E-state index contributed by atoms with van der Waals surface area (Å²) in [6, 6.07) is 8.36. The first kappa shape index (κ1) is 27.6. The maximum Gasteiger partial charge on any atom is 0.194 e. The lowest BCUT2D eigenvalue weighted by Crippen LogP contribution is -2.39. The highest BCUT2D eigenvalue weighted by Gasteiger charge is 2.16. The van der Waals surface area contributed by atoms with Crippen LogP contribution in [0.25, 0.3) is 0 Å². The van der Waals surface area contributed by atoms with Crippen molar-refractivity contribution in [1.29, 1.82) is 0 Å². The normalized spacial score (nSPS) is 13.5. The van der Waals surface area contributed by atoms with Crippen LogP contribution in [0.4, 0.5) is 0 Å².